The zero-order valence-corrected chi connectivity index (χ0v) is 15.0. The molecule has 0 atom stereocenters. The Bertz CT molecular complexity index is 1020. The molecule has 1 aliphatic heterocycles. The van der Waals surface area contributed by atoms with Crippen LogP contribution in [0.5, 0.6) is 11.5 Å². The average molecular weight is 374 g/mol. The van der Waals surface area contributed by atoms with E-state index >= 15 is 0 Å². The maximum atomic E-state index is 12.6. The summed E-state index contributed by atoms with van der Waals surface area (Å²) in [6.07, 6.45) is 0. The van der Waals surface area contributed by atoms with Gasteiger partial charge in [-0.3, -0.25) is 9.59 Å². The number of carbonyl (C=O) groups is 2. The van der Waals surface area contributed by atoms with Crippen LogP contribution in [0.15, 0.2) is 72.8 Å². The number of fused-ring (bicyclic) bond motifs is 1. The Hall–Kier alpha value is -3.80. The predicted molar refractivity (Wildman–Crippen MR) is 106 cm³/mol. The number of hydrogen-bond acceptors (Lipinski definition) is 4. The number of carbonyl (C=O) groups excluding carboxylic acids is 2. The Kier molecular flexibility index (Phi) is 4.93. The fourth-order valence-corrected chi connectivity index (χ4v) is 2.86. The van der Waals surface area contributed by atoms with Crippen molar-refractivity contribution in [3.05, 3.63) is 83.9 Å². The minimum Gasteiger partial charge on any atom is -0.486 e. The highest BCUT2D eigenvalue weighted by molar-refractivity contribution is 6.06. The molecule has 0 aromatic heterocycles. The van der Waals surface area contributed by atoms with E-state index in [1.165, 1.54) is 0 Å². The van der Waals surface area contributed by atoms with Gasteiger partial charge < -0.3 is 20.1 Å². The van der Waals surface area contributed by atoms with Gasteiger partial charge in [0, 0.05) is 22.5 Å². The highest BCUT2D eigenvalue weighted by Gasteiger charge is 2.15. The van der Waals surface area contributed by atoms with Crippen molar-refractivity contribution in [3.63, 3.8) is 0 Å². The number of hydrogen-bond donors (Lipinski definition) is 2. The van der Waals surface area contributed by atoms with E-state index in [2.05, 4.69) is 10.6 Å². The van der Waals surface area contributed by atoms with Crippen molar-refractivity contribution in [3.8, 4) is 11.5 Å². The van der Waals surface area contributed by atoms with Crippen LogP contribution < -0.4 is 20.1 Å². The van der Waals surface area contributed by atoms with E-state index in [1.807, 2.05) is 6.07 Å². The van der Waals surface area contributed by atoms with Crippen molar-refractivity contribution in [2.24, 2.45) is 0 Å². The Morgan fingerprint density at radius 2 is 1.29 bits per heavy atom. The highest BCUT2D eigenvalue weighted by atomic mass is 16.6. The standard InChI is InChI=1S/C22H18N2O4/c25-21(15-5-2-1-3-6-15)23-17-7-4-8-18(14-17)24-22(26)16-9-10-19-20(13-16)28-12-11-27-19/h1-10,13-14H,11-12H2,(H,23,25)(H,24,26). The highest BCUT2D eigenvalue weighted by Crippen LogP contribution is 2.31. The molecule has 0 spiro atoms. The number of rotatable bonds is 4. The molecule has 0 aliphatic carbocycles. The van der Waals surface area contributed by atoms with Crippen LogP contribution >= 0.6 is 0 Å². The van der Waals surface area contributed by atoms with Gasteiger partial charge in [-0.1, -0.05) is 24.3 Å². The summed E-state index contributed by atoms with van der Waals surface area (Å²) in [5, 5.41) is 5.66. The third kappa shape index (κ3) is 3.96. The first-order valence-corrected chi connectivity index (χ1v) is 8.86. The van der Waals surface area contributed by atoms with Gasteiger partial charge in [0.1, 0.15) is 13.2 Å². The molecule has 1 aliphatic rings. The fourth-order valence-electron chi connectivity index (χ4n) is 2.86. The zero-order chi connectivity index (χ0) is 19.3. The molecule has 6 heteroatoms. The van der Waals surface area contributed by atoms with Crippen molar-refractivity contribution in [1.82, 2.24) is 0 Å². The molecule has 0 radical (unpaired) electrons. The van der Waals surface area contributed by atoms with Crippen LogP contribution in [0.2, 0.25) is 0 Å². The first kappa shape index (κ1) is 17.6. The van der Waals surface area contributed by atoms with E-state index in [0.29, 0.717) is 47.2 Å². The number of anilines is 2. The molecule has 3 aromatic carbocycles. The van der Waals surface area contributed by atoms with Gasteiger partial charge in [0.15, 0.2) is 11.5 Å². The van der Waals surface area contributed by atoms with E-state index in [1.54, 1.807) is 66.7 Å². The van der Waals surface area contributed by atoms with Gasteiger partial charge in [0.05, 0.1) is 0 Å². The molecule has 0 bridgehead atoms. The second kappa shape index (κ2) is 7.84. The van der Waals surface area contributed by atoms with Crippen molar-refractivity contribution in [1.29, 1.82) is 0 Å². The van der Waals surface area contributed by atoms with Gasteiger partial charge in [-0.05, 0) is 48.5 Å². The summed E-state index contributed by atoms with van der Waals surface area (Å²) >= 11 is 0. The molecule has 2 amide bonds. The summed E-state index contributed by atoms with van der Waals surface area (Å²) in [5.74, 6) is 0.704. The monoisotopic (exact) mass is 374 g/mol. The Morgan fingerprint density at radius 3 is 2.00 bits per heavy atom. The average Bonchev–Trinajstić information content (AvgIpc) is 2.74. The van der Waals surface area contributed by atoms with Gasteiger partial charge >= 0.3 is 0 Å². The molecular formula is C22H18N2O4. The third-order valence-corrected chi connectivity index (χ3v) is 4.22. The number of ether oxygens (including phenoxy) is 2. The second-order valence-corrected chi connectivity index (χ2v) is 6.21. The second-order valence-electron chi connectivity index (χ2n) is 6.21. The molecule has 6 nitrogen and oxygen atoms in total. The largest absolute Gasteiger partial charge is 0.486 e. The van der Waals surface area contributed by atoms with E-state index in [4.69, 9.17) is 9.47 Å². The van der Waals surface area contributed by atoms with Crippen molar-refractivity contribution in [2.45, 2.75) is 0 Å². The molecule has 3 aromatic rings. The number of nitrogens with one attached hydrogen (secondary N) is 2. The van der Waals surface area contributed by atoms with Crippen LogP contribution in [0.3, 0.4) is 0 Å². The summed E-state index contributed by atoms with van der Waals surface area (Å²) in [7, 11) is 0. The molecular weight excluding hydrogens is 356 g/mol. The maximum absolute atomic E-state index is 12.6. The van der Waals surface area contributed by atoms with Crippen LogP contribution in [0, 0.1) is 0 Å². The molecule has 0 fully saturated rings. The topological polar surface area (TPSA) is 76.7 Å². The first-order valence-electron chi connectivity index (χ1n) is 8.86. The zero-order valence-electron chi connectivity index (χ0n) is 15.0. The molecule has 1 heterocycles. The van der Waals surface area contributed by atoms with Crippen LogP contribution in [0.4, 0.5) is 11.4 Å². The molecule has 0 unspecified atom stereocenters. The summed E-state index contributed by atoms with van der Waals surface area (Å²) in [5.41, 5.74) is 2.19. The normalized spacial score (nSPS) is 12.1. The summed E-state index contributed by atoms with van der Waals surface area (Å²) in [4.78, 5) is 24.8. The van der Waals surface area contributed by atoms with Crippen LogP contribution in [0.25, 0.3) is 0 Å². The SMILES string of the molecule is O=C(Nc1cccc(NC(=O)c2ccc3c(c2)OCCO3)c1)c1ccccc1. The summed E-state index contributed by atoms with van der Waals surface area (Å²) in [6.45, 7) is 0.960. The van der Waals surface area contributed by atoms with Crippen molar-refractivity contribution >= 4 is 23.2 Å². The molecule has 140 valence electrons. The van der Waals surface area contributed by atoms with Crippen molar-refractivity contribution < 1.29 is 19.1 Å². The minimum atomic E-state index is -0.275. The van der Waals surface area contributed by atoms with Gasteiger partial charge in [-0.2, -0.15) is 0 Å². The lowest BCUT2D eigenvalue weighted by molar-refractivity contribution is 0.101. The summed E-state index contributed by atoms with van der Waals surface area (Å²) < 4.78 is 11.0. The summed E-state index contributed by atoms with van der Waals surface area (Å²) in [6, 6.07) is 21.0. The minimum absolute atomic E-state index is 0.212. The van der Waals surface area contributed by atoms with Crippen molar-refractivity contribution in [2.75, 3.05) is 23.8 Å². The Labute approximate surface area is 162 Å². The molecule has 0 saturated carbocycles. The molecule has 0 saturated heterocycles. The third-order valence-electron chi connectivity index (χ3n) is 4.22. The van der Waals surface area contributed by atoms with Gasteiger partial charge in [0.2, 0.25) is 0 Å². The fraction of sp³-hybridized carbons (Fsp3) is 0.0909. The lowest BCUT2D eigenvalue weighted by atomic mass is 10.1. The van der Waals surface area contributed by atoms with Gasteiger partial charge in [-0.25, -0.2) is 0 Å². The number of amides is 2. The molecule has 4 rings (SSSR count). The maximum Gasteiger partial charge on any atom is 0.255 e. The van der Waals surface area contributed by atoms with Crippen LogP contribution in [-0.2, 0) is 0 Å². The van der Waals surface area contributed by atoms with E-state index < -0.39 is 0 Å². The van der Waals surface area contributed by atoms with E-state index in [0.717, 1.165) is 0 Å². The van der Waals surface area contributed by atoms with Crippen LogP contribution in [0.1, 0.15) is 20.7 Å². The van der Waals surface area contributed by atoms with E-state index in [9.17, 15) is 9.59 Å². The smallest absolute Gasteiger partial charge is 0.255 e. The van der Waals surface area contributed by atoms with Crippen LogP contribution in [-0.4, -0.2) is 25.0 Å². The van der Waals surface area contributed by atoms with E-state index in [-0.39, 0.29) is 11.8 Å². The lowest BCUT2D eigenvalue weighted by Crippen LogP contribution is -2.17. The first-order chi connectivity index (χ1) is 13.7. The Balaban J connectivity index is 1.46. The Morgan fingerprint density at radius 1 is 0.643 bits per heavy atom. The molecule has 28 heavy (non-hydrogen) atoms. The quantitative estimate of drug-likeness (QED) is 0.725. The molecule has 2 N–H and O–H groups in total. The predicted octanol–water partition coefficient (Wildman–Crippen LogP) is 3.96. The lowest BCUT2D eigenvalue weighted by Gasteiger charge is -2.18. The van der Waals surface area contributed by atoms with Gasteiger partial charge in [-0.15, -0.1) is 0 Å². The number of benzene rings is 3. The van der Waals surface area contributed by atoms with Gasteiger partial charge in [0.25, 0.3) is 11.8 Å².